The summed E-state index contributed by atoms with van der Waals surface area (Å²) in [5, 5.41) is 10.5. The van der Waals surface area contributed by atoms with Gasteiger partial charge in [0.15, 0.2) is 11.5 Å². The Bertz CT molecular complexity index is 1030. The van der Waals surface area contributed by atoms with E-state index in [1.54, 1.807) is 14.2 Å². The Morgan fingerprint density at radius 2 is 1.86 bits per heavy atom. The second-order valence-electron chi connectivity index (χ2n) is 6.85. The van der Waals surface area contributed by atoms with Crippen molar-refractivity contribution in [2.24, 2.45) is 0 Å². The SMILES string of the molecule is CCC(C)c1ccc2[nH]c(-c3cc(OC)c(OC)cc3Br)c(CC(=O)O)c2c1. The van der Waals surface area contributed by atoms with Crippen molar-refractivity contribution in [3.63, 3.8) is 0 Å². The second-order valence-corrected chi connectivity index (χ2v) is 7.70. The maximum absolute atomic E-state index is 11.6. The van der Waals surface area contributed by atoms with Gasteiger partial charge in [-0.15, -0.1) is 0 Å². The first-order valence-corrected chi connectivity index (χ1v) is 9.97. The summed E-state index contributed by atoms with van der Waals surface area (Å²) in [6.45, 7) is 4.33. The number of aromatic nitrogens is 1. The number of carboxylic acids is 1. The molecule has 2 N–H and O–H groups in total. The number of aromatic amines is 1. The van der Waals surface area contributed by atoms with E-state index in [-0.39, 0.29) is 6.42 Å². The molecule has 0 saturated heterocycles. The van der Waals surface area contributed by atoms with Gasteiger partial charge in [0.2, 0.25) is 0 Å². The number of benzene rings is 2. The van der Waals surface area contributed by atoms with E-state index in [1.165, 1.54) is 5.56 Å². The molecule has 2 aromatic carbocycles. The van der Waals surface area contributed by atoms with Crippen LogP contribution in [-0.4, -0.2) is 30.3 Å². The van der Waals surface area contributed by atoms with E-state index in [2.05, 4.69) is 46.9 Å². The Hall–Kier alpha value is -2.47. The van der Waals surface area contributed by atoms with Crippen molar-refractivity contribution in [2.75, 3.05) is 14.2 Å². The number of rotatable bonds is 7. The molecule has 28 heavy (non-hydrogen) atoms. The molecule has 1 heterocycles. The number of halogens is 1. The van der Waals surface area contributed by atoms with E-state index in [0.717, 1.165) is 38.6 Å². The summed E-state index contributed by atoms with van der Waals surface area (Å²) in [7, 11) is 3.16. The van der Waals surface area contributed by atoms with Crippen LogP contribution in [0.5, 0.6) is 11.5 Å². The molecule has 0 amide bonds. The van der Waals surface area contributed by atoms with Gasteiger partial charge in [-0.05, 0) is 63.7 Å². The van der Waals surface area contributed by atoms with Gasteiger partial charge < -0.3 is 19.6 Å². The Morgan fingerprint density at radius 1 is 1.18 bits per heavy atom. The van der Waals surface area contributed by atoms with Crippen molar-refractivity contribution in [1.82, 2.24) is 4.98 Å². The Morgan fingerprint density at radius 3 is 2.46 bits per heavy atom. The molecule has 0 aliphatic rings. The standard InChI is InChI=1S/C22H24BrNO4/c1-5-12(2)13-6-7-18-14(8-13)15(10-21(25)26)22(24-18)16-9-19(27-3)20(28-4)11-17(16)23/h6-9,11-12,24H,5,10H2,1-4H3,(H,25,26). The highest BCUT2D eigenvalue weighted by atomic mass is 79.9. The van der Waals surface area contributed by atoms with Crippen LogP contribution in [0.25, 0.3) is 22.2 Å². The zero-order valence-corrected chi connectivity index (χ0v) is 18.0. The van der Waals surface area contributed by atoms with E-state index in [1.807, 2.05) is 18.2 Å². The lowest BCUT2D eigenvalue weighted by Gasteiger charge is -2.12. The second kappa shape index (κ2) is 8.27. The van der Waals surface area contributed by atoms with Crippen molar-refractivity contribution in [2.45, 2.75) is 32.6 Å². The third kappa shape index (κ3) is 3.74. The van der Waals surface area contributed by atoms with Gasteiger partial charge >= 0.3 is 5.97 Å². The summed E-state index contributed by atoms with van der Waals surface area (Å²) >= 11 is 3.59. The molecule has 3 aromatic rings. The van der Waals surface area contributed by atoms with Crippen LogP contribution >= 0.6 is 15.9 Å². The average molecular weight is 446 g/mol. The molecule has 1 unspecified atom stereocenters. The fourth-order valence-corrected chi connectivity index (χ4v) is 3.94. The van der Waals surface area contributed by atoms with E-state index in [9.17, 15) is 9.90 Å². The van der Waals surface area contributed by atoms with Crippen LogP contribution in [0.3, 0.4) is 0 Å². The van der Waals surface area contributed by atoms with Crippen molar-refractivity contribution in [3.05, 3.63) is 45.9 Å². The van der Waals surface area contributed by atoms with Crippen LogP contribution in [0.2, 0.25) is 0 Å². The molecule has 5 nitrogen and oxygen atoms in total. The quantitative estimate of drug-likeness (QED) is 0.485. The summed E-state index contributed by atoms with van der Waals surface area (Å²) in [6, 6.07) is 9.92. The van der Waals surface area contributed by atoms with Crippen LogP contribution < -0.4 is 9.47 Å². The van der Waals surface area contributed by atoms with Gasteiger partial charge in [0.25, 0.3) is 0 Å². The van der Waals surface area contributed by atoms with Gasteiger partial charge in [0.1, 0.15) is 0 Å². The predicted octanol–water partition coefficient (Wildman–Crippen LogP) is 5.76. The van der Waals surface area contributed by atoms with Crippen LogP contribution in [0.4, 0.5) is 0 Å². The molecule has 0 aliphatic carbocycles. The largest absolute Gasteiger partial charge is 0.493 e. The molecule has 0 bridgehead atoms. The minimum atomic E-state index is -0.868. The number of hydrogen-bond donors (Lipinski definition) is 2. The molecule has 3 rings (SSSR count). The fraction of sp³-hybridized carbons (Fsp3) is 0.318. The molecule has 1 aromatic heterocycles. The monoisotopic (exact) mass is 445 g/mol. The maximum Gasteiger partial charge on any atom is 0.307 e. The van der Waals surface area contributed by atoms with Crippen LogP contribution in [0.1, 0.15) is 37.3 Å². The lowest BCUT2D eigenvalue weighted by molar-refractivity contribution is -0.136. The van der Waals surface area contributed by atoms with E-state index >= 15 is 0 Å². The number of carbonyl (C=O) groups is 1. The molecule has 1 atom stereocenters. The summed E-state index contributed by atoms with van der Waals surface area (Å²) in [6.07, 6.45) is 0.957. The van der Waals surface area contributed by atoms with Crippen molar-refractivity contribution in [1.29, 1.82) is 0 Å². The first kappa shape index (κ1) is 20.3. The molecule has 0 saturated carbocycles. The van der Waals surface area contributed by atoms with E-state index in [0.29, 0.717) is 17.4 Å². The van der Waals surface area contributed by atoms with Crippen molar-refractivity contribution < 1.29 is 19.4 Å². The molecule has 148 valence electrons. The van der Waals surface area contributed by atoms with Gasteiger partial charge in [-0.3, -0.25) is 4.79 Å². The minimum Gasteiger partial charge on any atom is -0.493 e. The molecular formula is C22H24BrNO4. The van der Waals surface area contributed by atoms with Crippen molar-refractivity contribution >= 4 is 32.8 Å². The Kier molecular flexibility index (Phi) is 5.98. The summed E-state index contributed by atoms with van der Waals surface area (Å²) in [4.78, 5) is 15.0. The topological polar surface area (TPSA) is 71.5 Å². The molecule has 0 aliphatic heterocycles. The number of fused-ring (bicyclic) bond motifs is 1. The number of carboxylic acid groups (broad SMARTS) is 1. The van der Waals surface area contributed by atoms with Crippen molar-refractivity contribution in [3.8, 4) is 22.8 Å². The fourth-order valence-electron chi connectivity index (χ4n) is 3.42. The highest BCUT2D eigenvalue weighted by Gasteiger charge is 2.20. The normalized spacial score (nSPS) is 12.2. The molecule has 6 heteroatoms. The third-order valence-corrected chi connectivity index (χ3v) is 5.84. The lowest BCUT2D eigenvalue weighted by Crippen LogP contribution is -2.02. The number of H-pyrrole nitrogens is 1. The third-order valence-electron chi connectivity index (χ3n) is 5.18. The van der Waals surface area contributed by atoms with Gasteiger partial charge in [-0.1, -0.05) is 19.9 Å². The van der Waals surface area contributed by atoms with Gasteiger partial charge in [-0.2, -0.15) is 0 Å². The predicted molar refractivity (Wildman–Crippen MR) is 115 cm³/mol. The maximum atomic E-state index is 11.6. The van der Waals surface area contributed by atoms with Crippen LogP contribution in [-0.2, 0) is 11.2 Å². The summed E-state index contributed by atoms with van der Waals surface area (Å²) in [5.74, 6) is 0.731. The number of aliphatic carboxylic acids is 1. The van der Waals surface area contributed by atoms with Gasteiger partial charge in [-0.25, -0.2) is 0 Å². The van der Waals surface area contributed by atoms with Crippen LogP contribution in [0, 0.1) is 0 Å². The number of nitrogens with one attached hydrogen (secondary N) is 1. The highest BCUT2D eigenvalue weighted by molar-refractivity contribution is 9.10. The highest BCUT2D eigenvalue weighted by Crippen LogP contribution is 2.41. The van der Waals surface area contributed by atoms with E-state index in [4.69, 9.17) is 9.47 Å². The number of ether oxygens (including phenoxy) is 2. The Labute approximate surface area is 172 Å². The molecule has 0 fully saturated rings. The summed E-state index contributed by atoms with van der Waals surface area (Å²) < 4.78 is 11.6. The molecule has 0 spiro atoms. The zero-order chi connectivity index (χ0) is 20.4. The first-order valence-electron chi connectivity index (χ1n) is 9.17. The minimum absolute atomic E-state index is 0.0694. The molecular weight excluding hydrogens is 422 g/mol. The smallest absolute Gasteiger partial charge is 0.307 e. The van der Waals surface area contributed by atoms with Gasteiger partial charge in [0, 0.05) is 20.9 Å². The lowest BCUT2D eigenvalue weighted by atomic mass is 9.95. The first-order chi connectivity index (χ1) is 13.4. The van der Waals surface area contributed by atoms with Crippen LogP contribution in [0.15, 0.2) is 34.8 Å². The summed E-state index contributed by atoms with van der Waals surface area (Å²) in [5.41, 5.74) is 4.49. The number of methoxy groups -OCH3 is 2. The average Bonchev–Trinajstić information content (AvgIpc) is 3.03. The molecule has 0 radical (unpaired) electrons. The Balaban J connectivity index is 2.27. The van der Waals surface area contributed by atoms with Gasteiger partial charge in [0.05, 0.1) is 26.3 Å². The van der Waals surface area contributed by atoms with E-state index < -0.39 is 5.97 Å². The zero-order valence-electron chi connectivity index (χ0n) is 16.4. The number of hydrogen-bond acceptors (Lipinski definition) is 3.